The number of methoxy groups -OCH3 is 1. The number of ether oxygens (including phenoxy) is 1. The zero-order valence-corrected chi connectivity index (χ0v) is 12.8. The molecule has 102 valence electrons. The van der Waals surface area contributed by atoms with Crippen LogP contribution >= 0.6 is 11.3 Å². The first-order valence-electron chi connectivity index (χ1n) is 6.55. The van der Waals surface area contributed by atoms with Crippen molar-refractivity contribution >= 4 is 11.3 Å². The highest BCUT2D eigenvalue weighted by atomic mass is 32.1. The summed E-state index contributed by atoms with van der Waals surface area (Å²) in [6.07, 6.45) is 0. The number of aryl methyl sites for hydroxylation is 1. The topological polar surface area (TPSA) is 21.3 Å². The molecule has 0 spiro atoms. The second kappa shape index (κ2) is 6.22. The van der Waals surface area contributed by atoms with Crippen molar-refractivity contribution in [1.82, 2.24) is 5.32 Å². The fourth-order valence-electron chi connectivity index (χ4n) is 2.29. The average Bonchev–Trinajstić information content (AvgIpc) is 2.85. The van der Waals surface area contributed by atoms with Crippen LogP contribution in [0.15, 0.2) is 35.7 Å². The van der Waals surface area contributed by atoms with E-state index in [4.69, 9.17) is 4.74 Å². The first-order chi connectivity index (χ1) is 9.11. The summed E-state index contributed by atoms with van der Waals surface area (Å²) in [7, 11) is 1.70. The van der Waals surface area contributed by atoms with Gasteiger partial charge >= 0.3 is 0 Å². The lowest BCUT2D eigenvalue weighted by Gasteiger charge is -2.20. The average molecular weight is 275 g/mol. The minimum atomic E-state index is 0.298. The Balaban J connectivity index is 2.08. The molecule has 2 nitrogen and oxygen atoms in total. The SMILES string of the molecule is COc1cccc([C@@H](C)NC(C)c2sccc2C)c1. The molecule has 2 atom stereocenters. The summed E-state index contributed by atoms with van der Waals surface area (Å²) in [4.78, 5) is 1.41. The normalized spacial score (nSPS) is 14.1. The Hall–Kier alpha value is -1.32. The summed E-state index contributed by atoms with van der Waals surface area (Å²) < 4.78 is 5.28. The summed E-state index contributed by atoms with van der Waals surface area (Å²) in [5, 5.41) is 5.80. The number of hydrogen-bond acceptors (Lipinski definition) is 3. The molecule has 1 heterocycles. The van der Waals surface area contributed by atoms with E-state index in [0.717, 1.165) is 5.75 Å². The van der Waals surface area contributed by atoms with Gasteiger partial charge < -0.3 is 10.1 Å². The molecule has 19 heavy (non-hydrogen) atoms. The molecule has 1 aromatic heterocycles. The zero-order chi connectivity index (χ0) is 13.8. The quantitative estimate of drug-likeness (QED) is 0.869. The first kappa shape index (κ1) is 14.1. The van der Waals surface area contributed by atoms with Crippen molar-refractivity contribution in [3.05, 3.63) is 51.7 Å². The van der Waals surface area contributed by atoms with Gasteiger partial charge in [0.15, 0.2) is 0 Å². The summed E-state index contributed by atoms with van der Waals surface area (Å²) in [6.45, 7) is 6.57. The minimum absolute atomic E-state index is 0.298. The molecule has 0 bridgehead atoms. The lowest BCUT2D eigenvalue weighted by molar-refractivity contribution is 0.412. The van der Waals surface area contributed by atoms with Crippen LogP contribution in [0.25, 0.3) is 0 Å². The Bertz CT molecular complexity index is 535. The Morgan fingerprint density at radius 3 is 2.58 bits per heavy atom. The van der Waals surface area contributed by atoms with E-state index in [9.17, 15) is 0 Å². The van der Waals surface area contributed by atoms with Crippen LogP contribution in [0.1, 0.15) is 41.9 Å². The number of thiophene rings is 1. The molecule has 2 aromatic rings. The monoisotopic (exact) mass is 275 g/mol. The maximum absolute atomic E-state index is 5.28. The van der Waals surface area contributed by atoms with E-state index in [1.807, 2.05) is 23.5 Å². The smallest absolute Gasteiger partial charge is 0.119 e. The Labute approximate surface area is 119 Å². The molecule has 0 radical (unpaired) electrons. The van der Waals surface area contributed by atoms with Gasteiger partial charge in [-0.15, -0.1) is 11.3 Å². The third-order valence-electron chi connectivity index (χ3n) is 3.39. The van der Waals surface area contributed by atoms with E-state index in [1.165, 1.54) is 16.0 Å². The van der Waals surface area contributed by atoms with Crippen LogP contribution in [0.5, 0.6) is 5.75 Å². The summed E-state index contributed by atoms with van der Waals surface area (Å²) in [5.41, 5.74) is 2.61. The molecular formula is C16H21NOS. The van der Waals surface area contributed by atoms with Gasteiger partial charge in [0.1, 0.15) is 5.75 Å². The zero-order valence-electron chi connectivity index (χ0n) is 11.9. The van der Waals surface area contributed by atoms with Crippen LogP contribution in [0.2, 0.25) is 0 Å². The van der Waals surface area contributed by atoms with Gasteiger partial charge in [-0.3, -0.25) is 0 Å². The highest BCUT2D eigenvalue weighted by molar-refractivity contribution is 7.10. The van der Waals surface area contributed by atoms with Crippen LogP contribution in [0, 0.1) is 6.92 Å². The number of benzene rings is 1. The van der Waals surface area contributed by atoms with E-state index in [1.54, 1.807) is 7.11 Å². The van der Waals surface area contributed by atoms with Crippen LogP contribution in [-0.2, 0) is 0 Å². The molecular weight excluding hydrogens is 254 g/mol. The second-order valence-corrected chi connectivity index (χ2v) is 5.80. The van der Waals surface area contributed by atoms with Crippen LogP contribution in [0.4, 0.5) is 0 Å². The van der Waals surface area contributed by atoms with E-state index in [0.29, 0.717) is 12.1 Å². The molecule has 1 N–H and O–H groups in total. The van der Waals surface area contributed by atoms with E-state index in [2.05, 4.69) is 49.7 Å². The Morgan fingerprint density at radius 2 is 1.95 bits per heavy atom. The van der Waals surface area contributed by atoms with Crippen molar-refractivity contribution in [2.45, 2.75) is 32.9 Å². The van der Waals surface area contributed by atoms with Crippen LogP contribution in [-0.4, -0.2) is 7.11 Å². The number of hydrogen-bond donors (Lipinski definition) is 1. The van der Waals surface area contributed by atoms with Gasteiger partial charge in [-0.25, -0.2) is 0 Å². The lowest BCUT2D eigenvalue weighted by atomic mass is 10.1. The number of rotatable bonds is 5. The highest BCUT2D eigenvalue weighted by Crippen LogP contribution is 2.27. The molecule has 0 aliphatic heterocycles. The molecule has 0 saturated carbocycles. The largest absolute Gasteiger partial charge is 0.497 e. The third-order valence-corrected chi connectivity index (χ3v) is 4.59. The molecule has 0 aliphatic carbocycles. The van der Waals surface area contributed by atoms with Crippen molar-refractivity contribution in [3.63, 3.8) is 0 Å². The van der Waals surface area contributed by atoms with Gasteiger partial charge in [0.25, 0.3) is 0 Å². The van der Waals surface area contributed by atoms with Gasteiger partial charge in [0, 0.05) is 17.0 Å². The minimum Gasteiger partial charge on any atom is -0.497 e. The molecule has 1 aromatic carbocycles. The maximum atomic E-state index is 5.28. The van der Waals surface area contributed by atoms with Gasteiger partial charge in [-0.2, -0.15) is 0 Å². The summed E-state index contributed by atoms with van der Waals surface area (Å²) in [6, 6.07) is 11.1. The van der Waals surface area contributed by atoms with Gasteiger partial charge in [0.2, 0.25) is 0 Å². The second-order valence-electron chi connectivity index (χ2n) is 4.85. The molecule has 2 rings (SSSR count). The third kappa shape index (κ3) is 3.37. The van der Waals surface area contributed by atoms with Crippen molar-refractivity contribution in [3.8, 4) is 5.75 Å². The van der Waals surface area contributed by atoms with Crippen molar-refractivity contribution in [1.29, 1.82) is 0 Å². The molecule has 1 unspecified atom stereocenters. The van der Waals surface area contributed by atoms with Crippen molar-refractivity contribution in [2.24, 2.45) is 0 Å². The predicted molar refractivity (Wildman–Crippen MR) is 82.0 cm³/mol. The summed E-state index contributed by atoms with van der Waals surface area (Å²) >= 11 is 1.82. The first-order valence-corrected chi connectivity index (χ1v) is 7.43. The van der Waals surface area contributed by atoms with Crippen molar-refractivity contribution < 1.29 is 4.74 Å². The van der Waals surface area contributed by atoms with E-state index >= 15 is 0 Å². The van der Waals surface area contributed by atoms with Crippen molar-refractivity contribution in [2.75, 3.05) is 7.11 Å². The van der Waals surface area contributed by atoms with Crippen LogP contribution < -0.4 is 10.1 Å². The number of nitrogens with one attached hydrogen (secondary N) is 1. The van der Waals surface area contributed by atoms with Crippen LogP contribution in [0.3, 0.4) is 0 Å². The highest BCUT2D eigenvalue weighted by Gasteiger charge is 2.14. The Kier molecular flexibility index (Phi) is 4.61. The molecule has 0 amide bonds. The molecule has 3 heteroatoms. The van der Waals surface area contributed by atoms with E-state index < -0.39 is 0 Å². The van der Waals surface area contributed by atoms with E-state index in [-0.39, 0.29) is 0 Å². The molecule has 0 fully saturated rings. The predicted octanol–water partition coefficient (Wildman–Crippen LogP) is 4.48. The van der Waals surface area contributed by atoms with Gasteiger partial charge in [-0.1, -0.05) is 12.1 Å². The van der Waals surface area contributed by atoms with Gasteiger partial charge in [0.05, 0.1) is 7.11 Å². The molecule has 0 saturated heterocycles. The standard InChI is InChI=1S/C16H21NOS/c1-11-8-9-19-16(11)13(3)17-12(2)14-6-5-7-15(10-14)18-4/h5-10,12-13,17H,1-4H3/t12-,13?/m1/s1. The maximum Gasteiger partial charge on any atom is 0.119 e. The molecule has 0 aliphatic rings. The fourth-order valence-corrected chi connectivity index (χ4v) is 3.23. The summed E-state index contributed by atoms with van der Waals surface area (Å²) in [5.74, 6) is 0.908. The fraction of sp³-hybridized carbons (Fsp3) is 0.375. The lowest BCUT2D eigenvalue weighted by Crippen LogP contribution is -2.22. The Morgan fingerprint density at radius 1 is 1.16 bits per heavy atom. The van der Waals surface area contributed by atoms with Gasteiger partial charge in [-0.05, 0) is 55.5 Å².